The SMILES string of the molecule is CC[C@@]1(O)C(=O)OCc2c1cc1n(c2=O)Cc2c-1c(=O)c1cc(F)ccc1n2C1CCC(O)CC1. The summed E-state index contributed by atoms with van der Waals surface area (Å²) in [5, 5.41) is 21.3. The minimum Gasteiger partial charge on any atom is -0.458 e. The Morgan fingerprint density at radius 1 is 1.14 bits per heavy atom. The number of aliphatic hydroxyl groups excluding tert-OH is 1. The number of aromatic nitrogens is 2. The van der Waals surface area contributed by atoms with Gasteiger partial charge in [-0.05, 0) is 56.4 Å². The van der Waals surface area contributed by atoms with Crippen molar-refractivity contribution in [2.45, 2.75) is 69.9 Å². The molecule has 0 amide bonds. The van der Waals surface area contributed by atoms with Gasteiger partial charge in [0, 0.05) is 17.0 Å². The highest BCUT2D eigenvalue weighted by Crippen LogP contribution is 2.40. The van der Waals surface area contributed by atoms with E-state index in [1.54, 1.807) is 19.1 Å². The maximum absolute atomic E-state index is 14.2. The molecule has 1 atom stereocenters. The van der Waals surface area contributed by atoms with E-state index in [1.165, 1.54) is 16.7 Å². The zero-order valence-corrected chi connectivity index (χ0v) is 19.2. The zero-order valence-electron chi connectivity index (χ0n) is 19.2. The van der Waals surface area contributed by atoms with Gasteiger partial charge in [0.1, 0.15) is 12.4 Å². The van der Waals surface area contributed by atoms with Gasteiger partial charge in [0.05, 0.1) is 40.7 Å². The van der Waals surface area contributed by atoms with E-state index in [4.69, 9.17) is 4.74 Å². The first-order chi connectivity index (χ1) is 16.7. The van der Waals surface area contributed by atoms with E-state index < -0.39 is 28.4 Å². The van der Waals surface area contributed by atoms with Crippen molar-refractivity contribution in [1.82, 2.24) is 9.13 Å². The molecule has 182 valence electrons. The number of hydrogen-bond donors (Lipinski definition) is 2. The van der Waals surface area contributed by atoms with Crippen molar-refractivity contribution < 1.29 is 24.1 Å². The van der Waals surface area contributed by atoms with Crippen LogP contribution in [0.4, 0.5) is 4.39 Å². The van der Waals surface area contributed by atoms with Gasteiger partial charge >= 0.3 is 5.97 Å². The minimum absolute atomic E-state index is 0.00610. The maximum atomic E-state index is 14.2. The molecule has 0 spiro atoms. The number of ether oxygens (including phenoxy) is 1. The topological polar surface area (TPSA) is 111 Å². The van der Waals surface area contributed by atoms with Gasteiger partial charge in [-0.15, -0.1) is 0 Å². The fraction of sp³-hybridized carbons (Fsp3) is 0.423. The monoisotopic (exact) mass is 480 g/mol. The molecule has 1 fully saturated rings. The van der Waals surface area contributed by atoms with Crippen LogP contribution in [-0.2, 0) is 28.3 Å². The highest BCUT2D eigenvalue weighted by Gasteiger charge is 2.45. The zero-order chi connectivity index (χ0) is 24.6. The molecule has 1 aromatic carbocycles. The highest BCUT2D eigenvalue weighted by atomic mass is 19.1. The lowest BCUT2D eigenvalue weighted by Gasteiger charge is -2.31. The van der Waals surface area contributed by atoms with Crippen LogP contribution in [0.15, 0.2) is 33.9 Å². The predicted octanol–water partition coefficient (Wildman–Crippen LogP) is 2.46. The number of pyridine rings is 2. The molecule has 1 saturated carbocycles. The number of hydrogen-bond acceptors (Lipinski definition) is 6. The normalized spacial score (nSPS) is 25.2. The number of rotatable bonds is 2. The molecule has 0 radical (unpaired) electrons. The van der Waals surface area contributed by atoms with E-state index >= 15 is 0 Å². The maximum Gasteiger partial charge on any atom is 0.343 e. The number of carbonyl (C=O) groups is 1. The summed E-state index contributed by atoms with van der Waals surface area (Å²) in [5.74, 6) is -1.36. The number of halogens is 1. The third-order valence-corrected chi connectivity index (χ3v) is 7.91. The van der Waals surface area contributed by atoms with Crippen LogP contribution in [0.3, 0.4) is 0 Å². The van der Waals surface area contributed by atoms with Crippen LogP contribution in [-0.4, -0.2) is 31.4 Å². The van der Waals surface area contributed by atoms with Crippen molar-refractivity contribution in [3.63, 3.8) is 0 Å². The van der Waals surface area contributed by atoms with E-state index in [0.29, 0.717) is 42.6 Å². The van der Waals surface area contributed by atoms with E-state index in [0.717, 1.165) is 0 Å². The Bertz CT molecular complexity index is 1530. The Morgan fingerprint density at radius 3 is 2.60 bits per heavy atom. The number of cyclic esters (lactones) is 1. The van der Waals surface area contributed by atoms with Crippen LogP contribution >= 0.6 is 0 Å². The molecule has 2 aliphatic heterocycles. The molecule has 0 unspecified atom stereocenters. The molecule has 1 aliphatic carbocycles. The van der Waals surface area contributed by atoms with Crippen molar-refractivity contribution in [2.24, 2.45) is 0 Å². The van der Waals surface area contributed by atoms with Gasteiger partial charge in [0.15, 0.2) is 11.0 Å². The van der Waals surface area contributed by atoms with E-state index in [-0.39, 0.29) is 53.8 Å². The quantitative estimate of drug-likeness (QED) is 0.427. The fourth-order valence-electron chi connectivity index (χ4n) is 6.00. The first-order valence-corrected chi connectivity index (χ1v) is 12.0. The number of fused-ring (bicyclic) bond motifs is 5. The van der Waals surface area contributed by atoms with E-state index in [1.807, 2.05) is 4.57 Å². The smallest absolute Gasteiger partial charge is 0.343 e. The number of aliphatic hydroxyl groups is 2. The van der Waals surface area contributed by atoms with Crippen molar-refractivity contribution in [2.75, 3.05) is 0 Å². The molecule has 0 saturated heterocycles. The summed E-state index contributed by atoms with van der Waals surface area (Å²) in [6.07, 6.45) is 2.21. The molecule has 2 aromatic heterocycles. The van der Waals surface area contributed by atoms with Crippen LogP contribution in [0.1, 0.15) is 61.9 Å². The molecule has 2 N–H and O–H groups in total. The van der Waals surface area contributed by atoms with Crippen LogP contribution in [0.2, 0.25) is 0 Å². The van der Waals surface area contributed by atoms with Crippen molar-refractivity contribution in [3.05, 3.63) is 67.5 Å². The Morgan fingerprint density at radius 2 is 1.89 bits per heavy atom. The summed E-state index contributed by atoms with van der Waals surface area (Å²) < 4.78 is 22.9. The van der Waals surface area contributed by atoms with Gasteiger partial charge < -0.3 is 24.1 Å². The Hall–Kier alpha value is -3.30. The Kier molecular flexibility index (Phi) is 4.82. The fourth-order valence-corrected chi connectivity index (χ4v) is 6.00. The van der Waals surface area contributed by atoms with Gasteiger partial charge in [-0.3, -0.25) is 9.59 Å². The standard InChI is InChI=1S/C26H25FN2O6/c1-2-26(34)18-10-20-22-21(11-28(20)24(32)17(18)12-35-25(26)33)29(14-4-6-15(30)7-5-14)19-8-3-13(27)9-16(19)23(22)31/h3,8-10,14-15,30,34H,2,4-7,11-12H2,1H3/t14?,15?,26-/m0/s1. The molecule has 0 bridgehead atoms. The number of nitrogens with zero attached hydrogens (tertiary/aromatic N) is 2. The lowest BCUT2D eigenvalue weighted by atomic mass is 9.85. The van der Waals surface area contributed by atoms with Crippen LogP contribution in [0.25, 0.3) is 22.2 Å². The molecule has 35 heavy (non-hydrogen) atoms. The first-order valence-electron chi connectivity index (χ1n) is 12.0. The molecular weight excluding hydrogens is 455 g/mol. The lowest BCUT2D eigenvalue weighted by molar-refractivity contribution is -0.172. The summed E-state index contributed by atoms with van der Waals surface area (Å²) in [6.45, 7) is 1.51. The number of carbonyl (C=O) groups excluding carboxylic acids is 1. The third-order valence-electron chi connectivity index (χ3n) is 7.91. The van der Waals surface area contributed by atoms with Gasteiger partial charge in [-0.25, -0.2) is 9.18 Å². The summed E-state index contributed by atoms with van der Waals surface area (Å²) in [6, 6.07) is 5.65. The molecule has 4 heterocycles. The van der Waals surface area contributed by atoms with Gasteiger partial charge in [0.25, 0.3) is 5.56 Å². The molecule has 8 nitrogen and oxygen atoms in total. The summed E-state index contributed by atoms with van der Waals surface area (Å²) >= 11 is 0. The number of benzene rings is 1. The second-order valence-electron chi connectivity index (χ2n) is 9.75. The summed E-state index contributed by atoms with van der Waals surface area (Å²) in [5.41, 5.74) is -0.621. The summed E-state index contributed by atoms with van der Waals surface area (Å²) in [7, 11) is 0. The predicted molar refractivity (Wildman–Crippen MR) is 124 cm³/mol. The van der Waals surface area contributed by atoms with Crippen LogP contribution in [0.5, 0.6) is 0 Å². The Labute approximate surface area is 199 Å². The van der Waals surface area contributed by atoms with Crippen molar-refractivity contribution in [1.29, 1.82) is 0 Å². The minimum atomic E-state index is -1.98. The van der Waals surface area contributed by atoms with Crippen molar-refractivity contribution in [3.8, 4) is 11.3 Å². The molecule has 3 aliphatic rings. The second kappa shape index (κ2) is 7.60. The van der Waals surface area contributed by atoms with Gasteiger partial charge in [-0.1, -0.05) is 6.92 Å². The molecule has 6 rings (SSSR count). The molecule has 9 heteroatoms. The van der Waals surface area contributed by atoms with E-state index in [2.05, 4.69) is 0 Å². The largest absolute Gasteiger partial charge is 0.458 e. The van der Waals surface area contributed by atoms with Gasteiger partial charge in [0.2, 0.25) is 0 Å². The molecular formula is C26H25FN2O6. The average Bonchev–Trinajstić information content (AvgIpc) is 3.23. The third kappa shape index (κ3) is 3.01. The number of esters is 1. The lowest BCUT2D eigenvalue weighted by Crippen LogP contribution is -2.44. The van der Waals surface area contributed by atoms with E-state index in [9.17, 15) is 29.0 Å². The average molecular weight is 480 g/mol. The van der Waals surface area contributed by atoms with Crippen molar-refractivity contribution >= 4 is 16.9 Å². The van der Waals surface area contributed by atoms with Crippen LogP contribution < -0.4 is 11.0 Å². The summed E-state index contributed by atoms with van der Waals surface area (Å²) in [4.78, 5) is 39.7. The van der Waals surface area contributed by atoms with Gasteiger partial charge in [-0.2, -0.15) is 0 Å². The second-order valence-corrected chi connectivity index (χ2v) is 9.75. The van der Waals surface area contributed by atoms with Crippen LogP contribution in [0, 0.1) is 5.82 Å². The Balaban J connectivity index is 1.67. The highest BCUT2D eigenvalue weighted by molar-refractivity contribution is 5.88. The first kappa shape index (κ1) is 22.2. The molecule has 3 aromatic rings.